The molecule has 0 atom stereocenters. The minimum absolute atomic E-state index is 0.0745. The van der Waals surface area contributed by atoms with Crippen LogP contribution in [0.1, 0.15) is 29.7 Å². The first kappa shape index (κ1) is 18.6. The van der Waals surface area contributed by atoms with Crippen LogP contribution in [0.15, 0.2) is 34.0 Å². The zero-order valence-electron chi connectivity index (χ0n) is 15.0. The predicted octanol–water partition coefficient (Wildman–Crippen LogP) is 1.42. The van der Waals surface area contributed by atoms with Crippen LogP contribution < -0.4 is 15.0 Å². The molecule has 0 aliphatic heterocycles. The summed E-state index contributed by atoms with van der Waals surface area (Å²) in [4.78, 5) is 12.3. The molecule has 1 aromatic heterocycles. The third kappa shape index (κ3) is 3.96. The zero-order valence-corrected chi connectivity index (χ0v) is 15.8. The molecule has 0 saturated heterocycles. The largest absolute Gasteiger partial charge is 0.495 e. The number of nitrogens with zero attached hydrogens (tertiary/aromatic N) is 2. The molecular weight excluding hydrogens is 354 g/mol. The summed E-state index contributed by atoms with van der Waals surface area (Å²) in [5.74, 6) is 0.284. The quantitative estimate of drug-likeness (QED) is 0.822. The molecule has 1 N–H and O–H groups in total. The second-order valence-corrected chi connectivity index (χ2v) is 8.17. The van der Waals surface area contributed by atoms with E-state index in [1.165, 1.54) is 11.8 Å². The van der Waals surface area contributed by atoms with E-state index in [9.17, 15) is 13.2 Å². The van der Waals surface area contributed by atoms with Gasteiger partial charge in [-0.3, -0.25) is 4.79 Å². The van der Waals surface area contributed by atoms with Crippen LogP contribution in [0.3, 0.4) is 0 Å². The Hall–Kier alpha value is -2.19. The molecule has 3 rings (SSSR count). The average Bonchev–Trinajstić information content (AvgIpc) is 2.62. The molecule has 0 fully saturated rings. The molecule has 0 bridgehead atoms. The molecule has 26 heavy (non-hydrogen) atoms. The van der Waals surface area contributed by atoms with Crippen LogP contribution in [0, 0.1) is 6.92 Å². The number of methoxy groups -OCH3 is 1. The van der Waals surface area contributed by atoms with Crippen molar-refractivity contribution < 1.29 is 13.2 Å². The first-order chi connectivity index (χ1) is 12.4. The van der Waals surface area contributed by atoms with E-state index in [4.69, 9.17) is 4.74 Å². The Morgan fingerprint density at radius 1 is 1.23 bits per heavy atom. The van der Waals surface area contributed by atoms with Crippen molar-refractivity contribution >= 4 is 10.0 Å². The summed E-state index contributed by atoms with van der Waals surface area (Å²) in [7, 11) is -2.31. The van der Waals surface area contributed by atoms with Crippen LogP contribution in [-0.2, 0) is 29.4 Å². The molecule has 0 unspecified atom stereocenters. The van der Waals surface area contributed by atoms with Crippen LogP contribution in [0.5, 0.6) is 5.75 Å². The van der Waals surface area contributed by atoms with Crippen LogP contribution in [0.4, 0.5) is 0 Å². The Kier molecular flexibility index (Phi) is 5.43. The number of hydrogen-bond acceptors (Lipinski definition) is 5. The predicted molar refractivity (Wildman–Crippen MR) is 98.1 cm³/mol. The summed E-state index contributed by atoms with van der Waals surface area (Å²) in [6, 6.07) is 6.60. The van der Waals surface area contributed by atoms with E-state index in [1.54, 1.807) is 24.3 Å². The van der Waals surface area contributed by atoms with Gasteiger partial charge < -0.3 is 4.74 Å². The number of benzene rings is 1. The maximum Gasteiger partial charge on any atom is 0.267 e. The molecule has 0 radical (unpaired) electrons. The fraction of sp³-hybridized carbons (Fsp3) is 0.444. The lowest BCUT2D eigenvalue weighted by molar-refractivity contribution is 0.402. The zero-order chi connectivity index (χ0) is 18.7. The Balaban J connectivity index is 1.74. The Bertz CT molecular complexity index is 967. The lowest BCUT2D eigenvalue weighted by Crippen LogP contribution is -2.33. The first-order valence-electron chi connectivity index (χ1n) is 8.65. The van der Waals surface area contributed by atoms with Gasteiger partial charge in [-0.25, -0.2) is 17.8 Å². The van der Waals surface area contributed by atoms with E-state index in [2.05, 4.69) is 9.82 Å². The maximum absolute atomic E-state index is 12.6. The summed E-state index contributed by atoms with van der Waals surface area (Å²) in [6.07, 6.45) is 3.90. The molecule has 1 heterocycles. The number of aryl methyl sites for hydroxylation is 3. The molecule has 1 aromatic carbocycles. The Labute approximate surface area is 153 Å². The van der Waals surface area contributed by atoms with Crippen molar-refractivity contribution in [3.05, 3.63) is 51.4 Å². The fourth-order valence-electron chi connectivity index (χ4n) is 3.12. The van der Waals surface area contributed by atoms with E-state index >= 15 is 0 Å². The molecule has 0 spiro atoms. The van der Waals surface area contributed by atoms with Crippen LogP contribution in [0.25, 0.3) is 0 Å². The highest BCUT2D eigenvalue weighted by molar-refractivity contribution is 7.89. The Morgan fingerprint density at radius 2 is 2.00 bits per heavy atom. The van der Waals surface area contributed by atoms with Crippen LogP contribution >= 0.6 is 0 Å². The van der Waals surface area contributed by atoms with E-state index < -0.39 is 10.0 Å². The van der Waals surface area contributed by atoms with Gasteiger partial charge in [-0.15, -0.1) is 0 Å². The average molecular weight is 377 g/mol. The van der Waals surface area contributed by atoms with Gasteiger partial charge in [0.25, 0.3) is 5.56 Å². The van der Waals surface area contributed by atoms with Crippen molar-refractivity contribution in [1.82, 2.24) is 14.5 Å². The first-order valence-corrected chi connectivity index (χ1v) is 10.1. The number of sulfonamides is 1. The number of rotatable bonds is 6. The second-order valence-electron chi connectivity index (χ2n) is 6.44. The van der Waals surface area contributed by atoms with Crippen molar-refractivity contribution in [1.29, 1.82) is 0 Å². The molecule has 140 valence electrons. The van der Waals surface area contributed by atoms with Crippen molar-refractivity contribution in [3.8, 4) is 5.75 Å². The number of hydrogen-bond donors (Lipinski definition) is 1. The third-order valence-electron chi connectivity index (χ3n) is 4.50. The van der Waals surface area contributed by atoms with E-state index in [-0.39, 0.29) is 29.3 Å². The van der Waals surface area contributed by atoms with E-state index in [0.29, 0.717) is 0 Å². The molecule has 1 aliphatic carbocycles. The summed E-state index contributed by atoms with van der Waals surface area (Å²) in [6.45, 7) is 2.07. The van der Waals surface area contributed by atoms with Crippen molar-refractivity contribution in [3.63, 3.8) is 0 Å². The normalized spacial score (nSPS) is 14.1. The minimum atomic E-state index is -3.74. The van der Waals surface area contributed by atoms with Gasteiger partial charge >= 0.3 is 0 Å². The minimum Gasteiger partial charge on any atom is -0.495 e. The summed E-state index contributed by atoms with van der Waals surface area (Å²) >= 11 is 0. The van der Waals surface area contributed by atoms with Gasteiger partial charge in [0.05, 0.1) is 19.3 Å². The standard InChI is InChI=1S/C18H23N3O4S/c1-13-7-8-16(25-2)17(11-13)26(23,24)19-9-10-21-18(22)12-14-5-3-4-6-15(14)20-21/h7-8,11-12,19H,3-6,9-10H2,1-2H3. The highest BCUT2D eigenvalue weighted by Crippen LogP contribution is 2.24. The Morgan fingerprint density at radius 3 is 2.77 bits per heavy atom. The highest BCUT2D eigenvalue weighted by Gasteiger charge is 2.19. The number of aromatic nitrogens is 2. The van der Waals surface area contributed by atoms with E-state index in [0.717, 1.165) is 42.5 Å². The third-order valence-corrected chi connectivity index (χ3v) is 5.98. The molecule has 8 heteroatoms. The van der Waals surface area contributed by atoms with Crippen LogP contribution in [0.2, 0.25) is 0 Å². The SMILES string of the molecule is COc1ccc(C)cc1S(=O)(=O)NCCn1nc2c(cc1=O)CCCC2. The molecule has 7 nitrogen and oxygen atoms in total. The lowest BCUT2D eigenvalue weighted by Gasteiger charge is -2.16. The van der Waals surface area contributed by atoms with Crippen molar-refractivity contribution in [2.75, 3.05) is 13.7 Å². The van der Waals surface area contributed by atoms with Gasteiger partial charge in [-0.1, -0.05) is 6.07 Å². The monoisotopic (exact) mass is 377 g/mol. The molecule has 1 aliphatic rings. The van der Waals surface area contributed by atoms with Crippen LogP contribution in [-0.4, -0.2) is 31.9 Å². The van der Waals surface area contributed by atoms with Gasteiger partial charge in [0.1, 0.15) is 10.6 Å². The number of nitrogens with one attached hydrogen (secondary N) is 1. The van der Waals surface area contributed by atoms with Gasteiger partial charge in [0.2, 0.25) is 10.0 Å². The molecule has 2 aromatic rings. The van der Waals surface area contributed by atoms with Gasteiger partial charge in [0.15, 0.2) is 0 Å². The van der Waals surface area contributed by atoms with E-state index in [1.807, 2.05) is 6.92 Å². The van der Waals surface area contributed by atoms with Gasteiger partial charge in [0, 0.05) is 12.6 Å². The number of fused-ring (bicyclic) bond motifs is 1. The molecule has 0 amide bonds. The smallest absolute Gasteiger partial charge is 0.267 e. The topological polar surface area (TPSA) is 90.3 Å². The lowest BCUT2D eigenvalue weighted by atomic mass is 9.97. The maximum atomic E-state index is 12.6. The van der Waals surface area contributed by atoms with Crippen molar-refractivity contribution in [2.24, 2.45) is 0 Å². The summed E-state index contributed by atoms with van der Waals surface area (Å²) < 4.78 is 34.2. The summed E-state index contributed by atoms with van der Waals surface area (Å²) in [5, 5.41) is 4.40. The molecular formula is C18H23N3O4S. The second kappa shape index (κ2) is 7.59. The van der Waals surface area contributed by atoms with Gasteiger partial charge in [-0.05, 0) is 55.9 Å². The fourth-order valence-corrected chi connectivity index (χ4v) is 4.39. The summed E-state index contributed by atoms with van der Waals surface area (Å²) in [5.41, 5.74) is 2.58. The highest BCUT2D eigenvalue weighted by atomic mass is 32.2. The number of ether oxygens (including phenoxy) is 1. The molecule has 0 saturated carbocycles. The van der Waals surface area contributed by atoms with Crippen molar-refractivity contribution in [2.45, 2.75) is 44.0 Å². The van der Waals surface area contributed by atoms with Gasteiger partial charge in [-0.2, -0.15) is 5.10 Å².